The van der Waals surface area contributed by atoms with Crippen molar-refractivity contribution in [3.8, 4) is 0 Å². The summed E-state index contributed by atoms with van der Waals surface area (Å²) >= 11 is 0. The minimum absolute atomic E-state index is 0.289. The first kappa shape index (κ1) is 26.4. The van der Waals surface area contributed by atoms with Gasteiger partial charge >= 0.3 is 0 Å². The Morgan fingerprint density at radius 2 is 1.74 bits per heavy atom. The van der Waals surface area contributed by atoms with Crippen molar-refractivity contribution in [1.82, 2.24) is 10.2 Å². The van der Waals surface area contributed by atoms with Gasteiger partial charge in [0.25, 0.3) is 0 Å². The van der Waals surface area contributed by atoms with Crippen molar-refractivity contribution in [3.63, 3.8) is 0 Å². The summed E-state index contributed by atoms with van der Waals surface area (Å²) in [4.78, 5) is 43.4. The van der Waals surface area contributed by atoms with Crippen LogP contribution in [-0.4, -0.2) is 58.1 Å². The van der Waals surface area contributed by atoms with Crippen LogP contribution in [-0.2, 0) is 19.1 Å². The number of unbranched alkanes of at least 4 members (excludes halogenated alkanes) is 2. The quantitative estimate of drug-likeness (QED) is 0.417. The number of nitrogens with one attached hydrogen (secondary N) is 2. The van der Waals surface area contributed by atoms with Crippen LogP contribution < -0.4 is 10.6 Å². The molecule has 2 aromatic carbocycles. The molecular formula is C30H37N3O5. The molecule has 2 unspecified atom stereocenters. The molecule has 0 aromatic heterocycles. The van der Waals surface area contributed by atoms with Crippen LogP contribution in [0.4, 0.5) is 5.69 Å². The van der Waals surface area contributed by atoms with Crippen molar-refractivity contribution in [2.24, 2.45) is 11.8 Å². The molecule has 3 amide bonds. The number of likely N-dealkylation sites (tertiary alicyclic amines) is 1. The maximum atomic E-state index is 14.3. The zero-order chi connectivity index (χ0) is 26.9. The van der Waals surface area contributed by atoms with E-state index in [-0.39, 0.29) is 24.3 Å². The monoisotopic (exact) mass is 519 g/mol. The summed E-state index contributed by atoms with van der Waals surface area (Å²) < 4.78 is 6.67. The lowest BCUT2D eigenvalue weighted by Crippen LogP contribution is -2.56. The van der Waals surface area contributed by atoms with E-state index in [1.54, 1.807) is 12.1 Å². The van der Waals surface area contributed by atoms with Gasteiger partial charge in [0.05, 0.1) is 30.1 Å². The molecule has 3 saturated heterocycles. The van der Waals surface area contributed by atoms with Gasteiger partial charge in [-0.25, -0.2) is 0 Å². The Kier molecular flexibility index (Phi) is 7.29. The van der Waals surface area contributed by atoms with E-state index in [1.165, 1.54) is 4.90 Å². The Bertz CT molecular complexity index is 1170. The van der Waals surface area contributed by atoms with Gasteiger partial charge in [-0.2, -0.15) is 0 Å². The first-order chi connectivity index (χ1) is 18.4. The molecule has 3 heterocycles. The number of nitrogens with zero attached hydrogens (tertiary/aromatic N) is 1. The molecule has 0 aliphatic carbocycles. The molecule has 3 aliphatic heterocycles. The van der Waals surface area contributed by atoms with Gasteiger partial charge < -0.3 is 25.4 Å². The number of hydrogen-bond donors (Lipinski definition) is 3. The van der Waals surface area contributed by atoms with E-state index in [4.69, 9.17) is 4.74 Å². The SMILES string of the molecule is CCCCCNC(=O)C1N([C@H](CO)c2ccccc2)C(=O)[C@@H]2[C@@H](C(=O)Nc3ccccc3)[C@@]3(C)CCC12O3. The summed E-state index contributed by atoms with van der Waals surface area (Å²) in [7, 11) is 0. The molecule has 3 fully saturated rings. The van der Waals surface area contributed by atoms with Crippen molar-refractivity contribution >= 4 is 23.4 Å². The van der Waals surface area contributed by atoms with Crippen LogP contribution in [0.1, 0.15) is 57.6 Å². The molecule has 8 nitrogen and oxygen atoms in total. The van der Waals surface area contributed by atoms with Gasteiger partial charge in [-0.05, 0) is 43.9 Å². The lowest BCUT2D eigenvalue weighted by molar-refractivity contribution is -0.149. The van der Waals surface area contributed by atoms with Gasteiger partial charge in [-0.3, -0.25) is 14.4 Å². The average molecular weight is 520 g/mol. The lowest BCUT2D eigenvalue weighted by atomic mass is 9.66. The van der Waals surface area contributed by atoms with E-state index in [2.05, 4.69) is 17.6 Å². The highest BCUT2D eigenvalue weighted by molar-refractivity contribution is 6.02. The van der Waals surface area contributed by atoms with E-state index in [9.17, 15) is 19.5 Å². The number of para-hydroxylation sites is 1. The summed E-state index contributed by atoms with van der Waals surface area (Å²) in [6.07, 6.45) is 3.90. The number of hydrogen-bond acceptors (Lipinski definition) is 5. The zero-order valence-corrected chi connectivity index (χ0v) is 22.1. The topological polar surface area (TPSA) is 108 Å². The largest absolute Gasteiger partial charge is 0.394 e. The number of aliphatic hydroxyl groups excluding tert-OH is 1. The van der Waals surface area contributed by atoms with E-state index in [0.717, 1.165) is 24.8 Å². The molecule has 38 heavy (non-hydrogen) atoms. The summed E-state index contributed by atoms with van der Waals surface area (Å²) in [5.74, 6) is -2.49. The molecule has 202 valence electrons. The molecule has 3 N–H and O–H groups in total. The molecule has 1 spiro atoms. The van der Waals surface area contributed by atoms with Gasteiger partial charge in [-0.15, -0.1) is 0 Å². The van der Waals surface area contributed by atoms with Crippen LogP contribution in [0.15, 0.2) is 60.7 Å². The molecule has 2 aromatic rings. The normalized spacial score (nSPS) is 30.2. The third-order valence-electron chi connectivity index (χ3n) is 8.56. The fourth-order valence-corrected chi connectivity index (χ4v) is 6.85. The van der Waals surface area contributed by atoms with Gasteiger partial charge in [0, 0.05) is 12.2 Å². The Morgan fingerprint density at radius 1 is 1.05 bits per heavy atom. The summed E-state index contributed by atoms with van der Waals surface area (Å²) in [5, 5.41) is 16.5. The Hall–Kier alpha value is -3.23. The van der Waals surface area contributed by atoms with Crippen LogP contribution in [0.5, 0.6) is 0 Å². The third kappa shape index (κ3) is 4.29. The smallest absolute Gasteiger partial charge is 0.245 e. The molecule has 2 bridgehead atoms. The van der Waals surface area contributed by atoms with Gasteiger partial charge in [0.2, 0.25) is 17.7 Å². The minimum atomic E-state index is -1.14. The molecular weight excluding hydrogens is 482 g/mol. The third-order valence-corrected chi connectivity index (χ3v) is 8.56. The summed E-state index contributed by atoms with van der Waals surface area (Å²) in [6, 6.07) is 16.7. The molecule has 6 atom stereocenters. The fourth-order valence-electron chi connectivity index (χ4n) is 6.85. The average Bonchev–Trinajstić information content (AvgIpc) is 3.49. The Morgan fingerprint density at radius 3 is 2.39 bits per heavy atom. The Balaban J connectivity index is 1.53. The maximum absolute atomic E-state index is 14.3. The lowest BCUT2D eigenvalue weighted by Gasteiger charge is -2.37. The molecule has 5 rings (SSSR count). The first-order valence-corrected chi connectivity index (χ1v) is 13.7. The molecule has 0 radical (unpaired) electrons. The fraction of sp³-hybridized carbons (Fsp3) is 0.500. The molecule has 0 saturated carbocycles. The van der Waals surface area contributed by atoms with Crippen LogP contribution in [0, 0.1) is 11.8 Å². The predicted molar refractivity (Wildman–Crippen MR) is 143 cm³/mol. The number of ether oxygens (including phenoxy) is 1. The summed E-state index contributed by atoms with van der Waals surface area (Å²) in [5.41, 5.74) is -0.632. The van der Waals surface area contributed by atoms with Crippen molar-refractivity contribution in [2.45, 2.75) is 69.2 Å². The van der Waals surface area contributed by atoms with Gasteiger partial charge in [0.1, 0.15) is 11.6 Å². The number of carbonyl (C=O) groups excluding carboxylic acids is 3. The number of benzene rings is 2. The van der Waals surface area contributed by atoms with Gasteiger partial charge in [-0.1, -0.05) is 68.3 Å². The van der Waals surface area contributed by atoms with Crippen LogP contribution in [0.25, 0.3) is 0 Å². The van der Waals surface area contributed by atoms with E-state index >= 15 is 0 Å². The number of amides is 3. The zero-order valence-electron chi connectivity index (χ0n) is 22.1. The maximum Gasteiger partial charge on any atom is 0.245 e. The highest BCUT2D eigenvalue weighted by atomic mass is 16.5. The van der Waals surface area contributed by atoms with Crippen LogP contribution in [0.3, 0.4) is 0 Å². The first-order valence-electron chi connectivity index (χ1n) is 13.7. The van der Waals surface area contributed by atoms with Crippen molar-refractivity contribution in [1.29, 1.82) is 0 Å². The highest BCUT2D eigenvalue weighted by Gasteiger charge is 2.78. The molecule has 8 heteroatoms. The van der Waals surface area contributed by atoms with Crippen molar-refractivity contribution in [2.75, 3.05) is 18.5 Å². The van der Waals surface area contributed by atoms with Crippen molar-refractivity contribution < 1.29 is 24.2 Å². The number of carbonyl (C=O) groups is 3. The van der Waals surface area contributed by atoms with Crippen LogP contribution in [0.2, 0.25) is 0 Å². The number of anilines is 1. The number of rotatable bonds is 10. The second-order valence-electron chi connectivity index (χ2n) is 10.9. The minimum Gasteiger partial charge on any atom is -0.394 e. The van der Waals surface area contributed by atoms with E-state index < -0.39 is 35.1 Å². The predicted octanol–water partition coefficient (Wildman–Crippen LogP) is 3.43. The second kappa shape index (κ2) is 10.5. The van der Waals surface area contributed by atoms with Crippen LogP contribution >= 0.6 is 0 Å². The Labute approximate surface area is 223 Å². The molecule has 3 aliphatic rings. The van der Waals surface area contributed by atoms with Gasteiger partial charge in [0.15, 0.2) is 0 Å². The number of fused-ring (bicyclic) bond motifs is 1. The highest BCUT2D eigenvalue weighted by Crippen LogP contribution is 2.64. The van der Waals surface area contributed by atoms with Crippen molar-refractivity contribution in [3.05, 3.63) is 66.2 Å². The van der Waals surface area contributed by atoms with E-state index in [1.807, 2.05) is 55.5 Å². The van der Waals surface area contributed by atoms with E-state index in [0.29, 0.717) is 25.1 Å². The standard InChI is InChI=1S/C30H37N3O5/c1-3-4-11-18-31-27(36)25-30-17-16-29(2,38-30)23(26(35)32-21-14-9-6-10-15-21)24(30)28(37)33(25)22(19-34)20-12-7-5-8-13-20/h5-10,12-15,22-25,34H,3-4,11,16-19H2,1-2H3,(H,31,36)(H,32,35)/t22-,23+,24+,25?,29-,30?/m1/s1. The number of aliphatic hydroxyl groups is 1. The second-order valence-corrected chi connectivity index (χ2v) is 10.9. The summed E-state index contributed by atoms with van der Waals surface area (Å²) in [6.45, 7) is 4.12.